The Bertz CT molecular complexity index is 931. The van der Waals surface area contributed by atoms with Crippen LogP contribution in [0.4, 0.5) is 19.3 Å². The first-order chi connectivity index (χ1) is 13.4. The van der Waals surface area contributed by atoms with Crippen molar-refractivity contribution in [3.63, 3.8) is 0 Å². The summed E-state index contributed by atoms with van der Waals surface area (Å²) >= 11 is 5.83. The summed E-state index contributed by atoms with van der Waals surface area (Å²) in [6.07, 6.45) is 0.498. The second kappa shape index (κ2) is 9.67. The van der Waals surface area contributed by atoms with E-state index in [9.17, 15) is 18.4 Å². The van der Waals surface area contributed by atoms with Gasteiger partial charge in [0.1, 0.15) is 11.6 Å². The van der Waals surface area contributed by atoms with Crippen LogP contribution < -0.4 is 10.6 Å². The number of amides is 3. The fraction of sp³-hybridized carbons (Fsp3) is 0.211. The van der Waals surface area contributed by atoms with Crippen LogP contribution in [0.1, 0.15) is 23.6 Å². The van der Waals surface area contributed by atoms with Gasteiger partial charge in [-0.05, 0) is 36.8 Å². The molecule has 2 aromatic rings. The number of rotatable bonds is 4. The second-order valence-corrected chi connectivity index (χ2v) is 6.19. The first-order valence-corrected chi connectivity index (χ1v) is 8.66. The van der Waals surface area contributed by atoms with Gasteiger partial charge in [0.15, 0.2) is 0 Å². The van der Waals surface area contributed by atoms with Crippen LogP contribution in [0, 0.1) is 23.0 Å². The number of anilines is 1. The third-order valence-electron chi connectivity index (χ3n) is 3.96. The number of nitriles is 1. The molecular weight excluding hydrogens is 390 g/mol. The van der Waals surface area contributed by atoms with Crippen molar-refractivity contribution < 1.29 is 18.4 Å². The van der Waals surface area contributed by atoms with E-state index < -0.39 is 5.82 Å². The summed E-state index contributed by atoms with van der Waals surface area (Å²) in [7, 11) is 0. The van der Waals surface area contributed by atoms with Crippen LogP contribution in [-0.2, 0) is 17.9 Å². The molecule has 0 fully saturated rings. The molecule has 2 aromatic carbocycles. The molecular formula is C19H17ClF2N4O2. The number of hydrogen-bond donors (Lipinski definition) is 2. The number of carbonyl (C=O) groups is 2. The maximum Gasteiger partial charge on any atom is 0.322 e. The molecule has 0 radical (unpaired) electrons. The Morgan fingerprint density at radius 3 is 2.71 bits per heavy atom. The molecule has 0 aliphatic carbocycles. The summed E-state index contributed by atoms with van der Waals surface area (Å²) in [5.74, 6) is -0.862. The molecule has 0 bridgehead atoms. The highest BCUT2D eigenvalue weighted by molar-refractivity contribution is 6.34. The minimum Gasteiger partial charge on any atom is -0.354 e. The quantitative estimate of drug-likeness (QED) is 0.757. The predicted octanol–water partition coefficient (Wildman–Crippen LogP) is 3.79. The monoisotopic (exact) mass is 406 g/mol. The number of hydrogen-bond acceptors (Lipinski definition) is 3. The van der Waals surface area contributed by atoms with E-state index >= 15 is 0 Å². The van der Waals surface area contributed by atoms with Gasteiger partial charge in [-0.15, -0.1) is 0 Å². The Morgan fingerprint density at radius 1 is 1.36 bits per heavy atom. The zero-order valence-electron chi connectivity index (χ0n) is 14.9. The summed E-state index contributed by atoms with van der Waals surface area (Å²) in [5, 5.41) is 13.7. The minimum absolute atomic E-state index is 0.140. The maximum absolute atomic E-state index is 13.1. The van der Waals surface area contributed by atoms with Crippen LogP contribution in [0.25, 0.3) is 0 Å². The van der Waals surface area contributed by atoms with E-state index in [0.29, 0.717) is 36.3 Å². The van der Waals surface area contributed by atoms with E-state index in [-0.39, 0.29) is 29.0 Å². The summed E-state index contributed by atoms with van der Waals surface area (Å²) in [6, 6.07) is 8.34. The van der Waals surface area contributed by atoms with E-state index in [1.54, 1.807) is 4.90 Å². The Balaban J connectivity index is 0.000000203. The second-order valence-electron chi connectivity index (χ2n) is 5.78. The van der Waals surface area contributed by atoms with Crippen LogP contribution in [0.5, 0.6) is 0 Å². The van der Waals surface area contributed by atoms with Crippen LogP contribution in [-0.4, -0.2) is 23.9 Å². The molecule has 0 saturated heterocycles. The van der Waals surface area contributed by atoms with Crippen LogP contribution >= 0.6 is 11.6 Å². The number of halogens is 3. The number of carbonyl (C=O) groups excluding carboxylic acids is 2. The molecule has 1 heterocycles. The minimum atomic E-state index is -0.478. The Labute approximate surface area is 165 Å². The first kappa shape index (κ1) is 21.1. The smallest absolute Gasteiger partial charge is 0.322 e. The number of nitrogens with one attached hydrogen (secondary N) is 2. The van der Waals surface area contributed by atoms with Gasteiger partial charge in [-0.25, -0.2) is 13.6 Å². The molecule has 1 aliphatic rings. The molecule has 146 valence electrons. The van der Waals surface area contributed by atoms with Gasteiger partial charge in [0.2, 0.25) is 6.41 Å². The van der Waals surface area contributed by atoms with Gasteiger partial charge in [0, 0.05) is 25.2 Å². The van der Waals surface area contributed by atoms with Crippen molar-refractivity contribution in [2.45, 2.75) is 20.0 Å². The Morgan fingerprint density at radius 2 is 2.11 bits per heavy atom. The number of benzene rings is 2. The van der Waals surface area contributed by atoms with Gasteiger partial charge < -0.3 is 15.5 Å². The largest absolute Gasteiger partial charge is 0.354 e. The topological polar surface area (TPSA) is 85.2 Å². The molecule has 0 spiro atoms. The lowest BCUT2D eigenvalue weighted by Crippen LogP contribution is -2.38. The fourth-order valence-corrected chi connectivity index (χ4v) is 2.80. The lowest BCUT2D eigenvalue weighted by atomic mass is 10.1. The van der Waals surface area contributed by atoms with Crippen molar-refractivity contribution in [1.82, 2.24) is 10.2 Å². The standard InChI is InChI=1S/C10H10ClFN2O.C9H7FN2O/c1-2-14-5-6-3-7(12)4-8(11)9(6)13-10(14)15;10-9-3-7(4-11)1-2-8(9)5-12-6-13/h3-4H,2,5H2,1H3,(H,13,15);1-3,6H,5H2,(H,12,13). The van der Waals surface area contributed by atoms with E-state index in [1.807, 2.05) is 13.0 Å². The van der Waals surface area contributed by atoms with Crippen molar-refractivity contribution in [2.75, 3.05) is 11.9 Å². The Hall–Kier alpha value is -3.18. The van der Waals surface area contributed by atoms with Crippen molar-refractivity contribution in [1.29, 1.82) is 5.26 Å². The molecule has 2 N–H and O–H groups in total. The van der Waals surface area contributed by atoms with Crippen LogP contribution in [0.15, 0.2) is 30.3 Å². The number of fused-ring (bicyclic) bond motifs is 1. The summed E-state index contributed by atoms with van der Waals surface area (Å²) in [4.78, 5) is 23.0. The third kappa shape index (κ3) is 5.18. The summed E-state index contributed by atoms with van der Waals surface area (Å²) < 4.78 is 26.1. The lowest BCUT2D eigenvalue weighted by molar-refractivity contribution is -0.109. The molecule has 6 nitrogen and oxygen atoms in total. The third-order valence-corrected chi connectivity index (χ3v) is 4.25. The molecule has 0 aromatic heterocycles. The van der Waals surface area contributed by atoms with Crippen LogP contribution in [0.3, 0.4) is 0 Å². The zero-order chi connectivity index (χ0) is 20.7. The van der Waals surface area contributed by atoms with Crippen molar-refractivity contribution in [2.24, 2.45) is 0 Å². The Kier molecular flexibility index (Phi) is 7.29. The average Bonchev–Trinajstić information content (AvgIpc) is 2.67. The molecule has 28 heavy (non-hydrogen) atoms. The van der Waals surface area contributed by atoms with Gasteiger partial charge >= 0.3 is 6.03 Å². The van der Waals surface area contributed by atoms with Crippen molar-refractivity contribution >= 4 is 29.7 Å². The van der Waals surface area contributed by atoms with Gasteiger partial charge in [0.25, 0.3) is 0 Å². The number of urea groups is 1. The van der Waals surface area contributed by atoms with Crippen molar-refractivity contribution in [3.05, 3.63) is 63.7 Å². The van der Waals surface area contributed by atoms with E-state index in [0.717, 1.165) is 6.07 Å². The molecule has 3 amide bonds. The maximum atomic E-state index is 13.1. The van der Waals surface area contributed by atoms with Gasteiger partial charge in [-0.1, -0.05) is 17.7 Å². The van der Waals surface area contributed by atoms with Crippen molar-refractivity contribution in [3.8, 4) is 6.07 Å². The summed E-state index contributed by atoms with van der Waals surface area (Å²) in [6.45, 7) is 2.99. The fourth-order valence-electron chi connectivity index (χ4n) is 2.52. The number of nitrogens with zero attached hydrogens (tertiary/aromatic N) is 2. The summed E-state index contributed by atoms with van der Waals surface area (Å²) in [5.41, 5.74) is 1.87. The molecule has 0 unspecified atom stereocenters. The molecule has 3 rings (SSSR count). The highest BCUT2D eigenvalue weighted by Gasteiger charge is 2.23. The lowest BCUT2D eigenvalue weighted by Gasteiger charge is -2.28. The van der Waals surface area contributed by atoms with E-state index in [4.69, 9.17) is 16.9 Å². The first-order valence-electron chi connectivity index (χ1n) is 8.29. The highest BCUT2D eigenvalue weighted by atomic mass is 35.5. The predicted molar refractivity (Wildman–Crippen MR) is 101 cm³/mol. The average molecular weight is 407 g/mol. The zero-order valence-corrected chi connectivity index (χ0v) is 15.7. The van der Waals surface area contributed by atoms with Gasteiger partial charge in [-0.2, -0.15) is 5.26 Å². The highest BCUT2D eigenvalue weighted by Crippen LogP contribution is 2.31. The normalized spacial score (nSPS) is 12.1. The van der Waals surface area contributed by atoms with E-state index in [2.05, 4.69) is 10.6 Å². The van der Waals surface area contributed by atoms with Crippen LogP contribution in [0.2, 0.25) is 5.02 Å². The van der Waals surface area contributed by atoms with Gasteiger partial charge in [0.05, 0.1) is 22.3 Å². The molecule has 0 atom stereocenters. The van der Waals surface area contributed by atoms with Gasteiger partial charge in [-0.3, -0.25) is 4.79 Å². The molecule has 0 saturated carbocycles. The SMILES string of the molecule is CCN1Cc2cc(F)cc(Cl)c2NC1=O.N#Cc1ccc(CNC=O)c(F)c1. The molecule has 9 heteroatoms. The molecule has 1 aliphatic heterocycles. The van der Waals surface area contributed by atoms with E-state index in [1.165, 1.54) is 24.3 Å².